The molecule has 1 aliphatic rings. The maximum atomic E-state index is 6.46. The molecule has 0 radical (unpaired) electrons. The zero-order chi connectivity index (χ0) is 36.8. The fourth-order valence-corrected chi connectivity index (χ4v) is 7.03. The van der Waals surface area contributed by atoms with E-state index in [1.165, 1.54) is 148 Å². The van der Waals surface area contributed by atoms with Crippen LogP contribution in [0.4, 0.5) is 0 Å². The molecule has 1 saturated heterocycles. The van der Waals surface area contributed by atoms with Gasteiger partial charge in [0.15, 0.2) is 0 Å². The van der Waals surface area contributed by atoms with Gasteiger partial charge in [0, 0.05) is 51.3 Å². The predicted octanol–water partition coefficient (Wildman–Crippen LogP) is 13.5. The van der Waals surface area contributed by atoms with Gasteiger partial charge in [0.05, 0.1) is 19.0 Å². The first kappa shape index (κ1) is 46.2. The van der Waals surface area contributed by atoms with Gasteiger partial charge < -0.3 is 18.9 Å². The van der Waals surface area contributed by atoms with E-state index in [0.717, 1.165) is 58.7 Å². The summed E-state index contributed by atoms with van der Waals surface area (Å²) in [4.78, 5) is 6.86. The van der Waals surface area contributed by atoms with E-state index in [9.17, 15) is 0 Å². The SMILES string of the molecule is CCCCC/C=C\C/C=C\CCCCCCCCOCC(CCN1CCC(n2ccnc2)C1)OCCCCCCCC/C=C\C/C=C\CCCCC. The second kappa shape index (κ2) is 36.0. The van der Waals surface area contributed by atoms with E-state index >= 15 is 0 Å². The van der Waals surface area contributed by atoms with Crippen molar-refractivity contribution in [2.24, 2.45) is 0 Å². The summed E-state index contributed by atoms with van der Waals surface area (Å²) in [6.07, 6.45) is 57.9. The number of hydrogen-bond acceptors (Lipinski definition) is 4. The molecule has 1 aromatic rings. The number of rotatable bonds is 37. The lowest BCUT2D eigenvalue weighted by Crippen LogP contribution is -2.29. The molecule has 0 aliphatic carbocycles. The molecular weight excluding hydrogens is 639 g/mol. The molecular formula is C47H83N3O2. The van der Waals surface area contributed by atoms with E-state index in [1.807, 2.05) is 12.5 Å². The molecule has 5 nitrogen and oxygen atoms in total. The Hall–Kier alpha value is -1.95. The number of ether oxygens (including phenoxy) is 2. The Kier molecular flexibility index (Phi) is 32.0. The van der Waals surface area contributed by atoms with Crippen molar-refractivity contribution in [3.63, 3.8) is 0 Å². The van der Waals surface area contributed by atoms with Crippen molar-refractivity contribution in [1.29, 1.82) is 0 Å². The molecule has 0 bridgehead atoms. The second-order valence-corrected chi connectivity index (χ2v) is 15.3. The van der Waals surface area contributed by atoms with Crippen LogP contribution in [0.3, 0.4) is 0 Å². The van der Waals surface area contributed by atoms with Crippen LogP contribution in [0, 0.1) is 0 Å². The minimum atomic E-state index is 0.204. The Morgan fingerprint density at radius 3 is 1.69 bits per heavy atom. The van der Waals surface area contributed by atoms with Crippen LogP contribution < -0.4 is 0 Å². The van der Waals surface area contributed by atoms with Gasteiger partial charge >= 0.3 is 0 Å². The summed E-state index contributed by atoms with van der Waals surface area (Å²) < 4.78 is 14.9. The molecule has 52 heavy (non-hydrogen) atoms. The van der Waals surface area contributed by atoms with E-state index in [0.29, 0.717) is 6.04 Å². The summed E-state index contributed by atoms with van der Waals surface area (Å²) in [6.45, 7) is 10.4. The van der Waals surface area contributed by atoms with E-state index < -0.39 is 0 Å². The maximum absolute atomic E-state index is 6.46. The molecule has 0 saturated carbocycles. The van der Waals surface area contributed by atoms with Gasteiger partial charge in [-0.05, 0) is 89.9 Å². The summed E-state index contributed by atoms with van der Waals surface area (Å²) >= 11 is 0. The molecule has 0 N–H and O–H groups in total. The number of likely N-dealkylation sites (tertiary alicyclic amines) is 1. The summed E-state index contributed by atoms with van der Waals surface area (Å²) in [7, 11) is 0. The van der Waals surface area contributed by atoms with Crippen molar-refractivity contribution >= 4 is 0 Å². The van der Waals surface area contributed by atoms with Gasteiger partial charge in [-0.3, -0.25) is 0 Å². The van der Waals surface area contributed by atoms with Crippen LogP contribution in [0.2, 0.25) is 0 Å². The van der Waals surface area contributed by atoms with E-state index in [-0.39, 0.29) is 6.10 Å². The molecule has 5 heteroatoms. The number of nitrogens with zero attached hydrogens (tertiary/aromatic N) is 3. The number of aromatic nitrogens is 2. The lowest BCUT2D eigenvalue weighted by molar-refractivity contribution is -0.0256. The molecule has 2 rings (SSSR count). The van der Waals surface area contributed by atoms with Gasteiger partial charge in [-0.2, -0.15) is 0 Å². The third-order valence-corrected chi connectivity index (χ3v) is 10.5. The van der Waals surface area contributed by atoms with Crippen molar-refractivity contribution < 1.29 is 9.47 Å². The fourth-order valence-electron chi connectivity index (χ4n) is 7.03. The number of unbranched alkanes of at least 4 members (excludes halogenated alkanes) is 18. The zero-order valence-corrected chi connectivity index (χ0v) is 34.3. The standard InChI is InChI=1S/C47H83N3O2/c1-3-5-7-9-11-13-15-17-19-21-23-25-27-29-31-33-41-51-44-47(36-39-49-38-35-46(43-49)50-40-37-48-45-50)52-42-34-32-30-28-26-24-22-20-18-16-14-12-10-8-6-4-2/h11-14,17-20,37,40,45-47H,3-10,15-16,21-36,38-39,41-44H2,1-2H3/b13-11-,14-12-,19-17-,20-18-. The highest BCUT2D eigenvalue weighted by molar-refractivity contribution is 4.93. The molecule has 2 atom stereocenters. The monoisotopic (exact) mass is 722 g/mol. The van der Waals surface area contributed by atoms with Gasteiger partial charge in [-0.25, -0.2) is 4.98 Å². The predicted molar refractivity (Wildman–Crippen MR) is 226 cm³/mol. The van der Waals surface area contributed by atoms with Crippen molar-refractivity contribution in [2.75, 3.05) is 39.5 Å². The Morgan fingerprint density at radius 2 is 1.15 bits per heavy atom. The van der Waals surface area contributed by atoms with E-state index in [4.69, 9.17) is 9.47 Å². The average molecular weight is 722 g/mol. The fraction of sp³-hybridized carbons (Fsp3) is 0.766. The van der Waals surface area contributed by atoms with Crippen LogP contribution in [-0.4, -0.2) is 60.0 Å². The third kappa shape index (κ3) is 27.6. The smallest absolute Gasteiger partial charge is 0.0948 e. The summed E-state index contributed by atoms with van der Waals surface area (Å²) in [5, 5.41) is 0. The highest BCUT2D eigenvalue weighted by Gasteiger charge is 2.24. The van der Waals surface area contributed by atoms with Crippen LogP contribution in [0.25, 0.3) is 0 Å². The minimum Gasteiger partial charge on any atom is -0.379 e. The maximum Gasteiger partial charge on any atom is 0.0948 e. The third-order valence-electron chi connectivity index (χ3n) is 10.5. The Bertz CT molecular complexity index is 985. The number of imidazole rings is 1. The van der Waals surface area contributed by atoms with Gasteiger partial charge in [-0.15, -0.1) is 0 Å². The number of allylic oxidation sites excluding steroid dienone is 8. The Morgan fingerprint density at radius 1 is 0.635 bits per heavy atom. The van der Waals surface area contributed by atoms with Crippen LogP contribution >= 0.6 is 0 Å². The highest BCUT2D eigenvalue weighted by atomic mass is 16.5. The Labute approximate surface area is 322 Å². The van der Waals surface area contributed by atoms with Gasteiger partial charge in [0.2, 0.25) is 0 Å². The summed E-state index contributed by atoms with van der Waals surface area (Å²) in [6, 6.07) is 0.556. The molecule has 1 aliphatic heterocycles. The molecule has 298 valence electrons. The first-order valence-electron chi connectivity index (χ1n) is 22.3. The first-order chi connectivity index (χ1) is 25.8. The van der Waals surface area contributed by atoms with Crippen molar-refractivity contribution in [3.05, 3.63) is 67.3 Å². The second-order valence-electron chi connectivity index (χ2n) is 15.3. The molecule has 0 amide bonds. The van der Waals surface area contributed by atoms with Gasteiger partial charge in [-0.1, -0.05) is 140 Å². The quantitative estimate of drug-likeness (QED) is 0.0506. The summed E-state index contributed by atoms with van der Waals surface area (Å²) in [5.74, 6) is 0. The van der Waals surface area contributed by atoms with Gasteiger partial charge in [0.25, 0.3) is 0 Å². The molecule has 2 unspecified atom stereocenters. The average Bonchev–Trinajstić information content (AvgIpc) is 3.87. The zero-order valence-electron chi connectivity index (χ0n) is 34.3. The minimum absolute atomic E-state index is 0.204. The normalized spacial score (nSPS) is 16.2. The summed E-state index contributed by atoms with van der Waals surface area (Å²) in [5.41, 5.74) is 0. The molecule has 1 aromatic heterocycles. The Balaban J connectivity index is 1.50. The molecule has 0 spiro atoms. The van der Waals surface area contributed by atoms with Crippen molar-refractivity contribution in [2.45, 2.75) is 193 Å². The van der Waals surface area contributed by atoms with E-state index in [2.05, 4.69) is 83.1 Å². The van der Waals surface area contributed by atoms with Crippen LogP contribution in [0.1, 0.15) is 187 Å². The first-order valence-corrected chi connectivity index (χ1v) is 22.3. The largest absolute Gasteiger partial charge is 0.379 e. The molecule has 2 heterocycles. The van der Waals surface area contributed by atoms with Gasteiger partial charge in [0.1, 0.15) is 0 Å². The van der Waals surface area contributed by atoms with Crippen molar-refractivity contribution in [3.8, 4) is 0 Å². The van der Waals surface area contributed by atoms with Crippen LogP contribution in [-0.2, 0) is 9.47 Å². The van der Waals surface area contributed by atoms with Crippen molar-refractivity contribution in [1.82, 2.24) is 14.5 Å². The van der Waals surface area contributed by atoms with E-state index in [1.54, 1.807) is 0 Å². The lowest BCUT2D eigenvalue weighted by Gasteiger charge is -2.22. The topological polar surface area (TPSA) is 39.5 Å². The highest BCUT2D eigenvalue weighted by Crippen LogP contribution is 2.22. The van der Waals surface area contributed by atoms with Crippen LogP contribution in [0.5, 0.6) is 0 Å². The molecule has 0 aromatic carbocycles. The lowest BCUT2D eigenvalue weighted by atomic mass is 10.1. The van der Waals surface area contributed by atoms with Crippen LogP contribution in [0.15, 0.2) is 67.3 Å². The molecule has 1 fully saturated rings. The number of hydrogen-bond donors (Lipinski definition) is 0.